The Balaban J connectivity index is 2.20. The van der Waals surface area contributed by atoms with Gasteiger partial charge in [-0.25, -0.2) is 9.37 Å². The van der Waals surface area contributed by atoms with Crippen molar-refractivity contribution >= 4 is 15.9 Å². The Hall–Kier alpha value is -0.480. The molecule has 1 aromatic rings. The summed E-state index contributed by atoms with van der Waals surface area (Å²) in [7, 11) is 0. The Bertz CT molecular complexity index is 319. The predicted octanol–water partition coefficient (Wildman–Crippen LogP) is 2.26. The lowest BCUT2D eigenvalue weighted by atomic mass is 9.89. The molecule has 2 heterocycles. The second-order valence-electron chi connectivity index (χ2n) is 3.53. The van der Waals surface area contributed by atoms with Gasteiger partial charge in [0.05, 0.1) is 0 Å². The zero-order valence-corrected chi connectivity index (χ0v) is 9.30. The molecule has 2 rings (SSSR count). The van der Waals surface area contributed by atoms with Crippen molar-refractivity contribution in [3.63, 3.8) is 0 Å². The fourth-order valence-electron chi connectivity index (χ4n) is 1.84. The first-order valence-corrected chi connectivity index (χ1v) is 5.53. The van der Waals surface area contributed by atoms with Crippen LogP contribution in [0.4, 0.5) is 4.39 Å². The normalized spacial score (nSPS) is 27.6. The van der Waals surface area contributed by atoms with Crippen LogP contribution in [0.5, 0.6) is 0 Å². The quantitative estimate of drug-likeness (QED) is 0.782. The third-order valence-corrected chi connectivity index (χ3v) is 3.02. The van der Waals surface area contributed by atoms with E-state index in [2.05, 4.69) is 26.2 Å². The molecule has 0 bridgehead atoms. The summed E-state index contributed by atoms with van der Waals surface area (Å²) >= 11 is 3.30. The Kier molecular flexibility index (Phi) is 3.13. The molecule has 2 atom stereocenters. The average molecular weight is 259 g/mol. The summed E-state index contributed by atoms with van der Waals surface area (Å²) in [5, 5.41) is 3.05. The number of halogens is 2. The molecular formula is C10H12BrFN2. The molecule has 2 unspecified atom stereocenters. The molecule has 1 aromatic heterocycles. The van der Waals surface area contributed by atoms with E-state index in [1.54, 1.807) is 6.20 Å². The highest BCUT2D eigenvalue weighted by molar-refractivity contribution is 9.10. The van der Waals surface area contributed by atoms with Crippen molar-refractivity contribution in [2.75, 3.05) is 13.1 Å². The molecule has 1 aliphatic heterocycles. The SMILES string of the molecule is FC1CNCCC1c1ccnc(Br)c1. The number of hydrogen-bond donors (Lipinski definition) is 1. The molecule has 0 radical (unpaired) electrons. The van der Waals surface area contributed by atoms with E-state index >= 15 is 0 Å². The molecule has 0 aromatic carbocycles. The first kappa shape index (κ1) is 10.1. The molecule has 76 valence electrons. The van der Waals surface area contributed by atoms with Crippen molar-refractivity contribution in [3.8, 4) is 0 Å². The van der Waals surface area contributed by atoms with Crippen LogP contribution in [0.2, 0.25) is 0 Å². The Morgan fingerprint density at radius 1 is 1.57 bits per heavy atom. The van der Waals surface area contributed by atoms with Gasteiger partial charge in [0.25, 0.3) is 0 Å². The highest BCUT2D eigenvalue weighted by Crippen LogP contribution is 2.28. The van der Waals surface area contributed by atoms with Crippen LogP contribution < -0.4 is 5.32 Å². The van der Waals surface area contributed by atoms with Crippen molar-refractivity contribution in [2.24, 2.45) is 0 Å². The second-order valence-corrected chi connectivity index (χ2v) is 4.34. The number of nitrogens with one attached hydrogen (secondary N) is 1. The predicted molar refractivity (Wildman–Crippen MR) is 57.1 cm³/mol. The summed E-state index contributed by atoms with van der Waals surface area (Å²) in [5.74, 6) is 0.0237. The van der Waals surface area contributed by atoms with Crippen molar-refractivity contribution in [3.05, 3.63) is 28.5 Å². The summed E-state index contributed by atoms with van der Waals surface area (Å²) in [5.41, 5.74) is 1.04. The van der Waals surface area contributed by atoms with E-state index in [-0.39, 0.29) is 5.92 Å². The Morgan fingerprint density at radius 2 is 2.43 bits per heavy atom. The lowest BCUT2D eigenvalue weighted by molar-refractivity contribution is 0.231. The van der Waals surface area contributed by atoms with E-state index in [9.17, 15) is 4.39 Å². The van der Waals surface area contributed by atoms with Crippen LogP contribution in [0.25, 0.3) is 0 Å². The minimum Gasteiger partial charge on any atom is -0.314 e. The molecule has 0 saturated carbocycles. The molecule has 0 spiro atoms. The van der Waals surface area contributed by atoms with Crippen molar-refractivity contribution in [1.29, 1.82) is 0 Å². The number of hydrogen-bond acceptors (Lipinski definition) is 2. The fourth-order valence-corrected chi connectivity index (χ4v) is 2.23. The standard InChI is InChI=1S/C10H12BrFN2/c11-10-5-7(1-4-14-10)8-2-3-13-6-9(8)12/h1,4-5,8-9,13H,2-3,6H2. The lowest BCUT2D eigenvalue weighted by Gasteiger charge is -2.26. The Labute approximate surface area is 91.1 Å². The number of nitrogens with zero attached hydrogens (tertiary/aromatic N) is 1. The van der Waals surface area contributed by atoms with E-state index in [1.807, 2.05) is 12.1 Å². The lowest BCUT2D eigenvalue weighted by Crippen LogP contribution is -2.36. The van der Waals surface area contributed by atoms with Crippen LogP contribution in [0.15, 0.2) is 22.9 Å². The van der Waals surface area contributed by atoms with Crippen LogP contribution in [-0.2, 0) is 0 Å². The molecule has 1 aliphatic rings. The highest BCUT2D eigenvalue weighted by Gasteiger charge is 2.25. The van der Waals surface area contributed by atoms with Crippen LogP contribution >= 0.6 is 15.9 Å². The molecule has 0 aliphatic carbocycles. The van der Waals surface area contributed by atoms with Crippen molar-refractivity contribution in [1.82, 2.24) is 10.3 Å². The minimum atomic E-state index is -0.780. The van der Waals surface area contributed by atoms with E-state index in [1.165, 1.54) is 0 Å². The number of alkyl halides is 1. The largest absolute Gasteiger partial charge is 0.314 e. The van der Waals surface area contributed by atoms with Crippen molar-refractivity contribution < 1.29 is 4.39 Å². The zero-order valence-electron chi connectivity index (χ0n) is 7.71. The molecule has 14 heavy (non-hydrogen) atoms. The van der Waals surface area contributed by atoms with Gasteiger partial charge in [-0.15, -0.1) is 0 Å². The monoisotopic (exact) mass is 258 g/mol. The maximum atomic E-state index is 13.6. The van der Waals surface area contributed by atoms with Crippen molar-refractivity contribution in [2.45, 2.75) is 18.5 Å². The van der Waals surface area contributed by atoms with E-state index < -0.39 is 6.17 Å². The van der Waals surface area contributed by atoms with Gasteiger partial charge in [0.2, 0.25) is 0 Å². The zero-order chi connectivity index (χ0) is 9.97. The molecule has 2 nitrogen and oxygen atoms in total. The smallest absolute Gasteiger partial charge is 0.119 e. The highest BCUT2D eigenvalue weighted by atomic mass is 79.9. The summed E-state index contributed by atoms with van der Waals surface area (Å²) in [4.78, 5) is 4.04. The minimum absolute atomic E-state index is 0.0237. The van der Waals surface area contributed by atoms with E-state index in [4.69, 9.17) is 0 Å². The first-order chi connectivity index (χ1) is 6.77. The van der Waals surface area contributed by atoms with Gasteiger partial charge in [0, 0.05) is 18.7 Å². The second kappa shape index (κ2) is 4.36. The van der Waals surface area contributed by atoms with Gasteiger partial charge >= 0.3 is 0 Å². The molecular weight excluding hydrogens is 247 g/mol. The van der Waals surface area contributed by atoms with Gasteiger partial charge in [0.15, 0.2) is 0 Å². The number of rotatable bonds is 1. The van der Waals surface area contributed by atoms with Gasteiger partial charge in [-0.2, -0.15) is 0 Å². The molecule has 4 heteroatoms. The summed E-state index contributed by atoms with van der Waals surface area (Å²) in [6.07, 6.45) is 1.80. The summed E-state index contributed by atoms with van der Waals surface area (Å²) in [6.45, 7) is 1.36. The maximum Gasteiger partial charge on any atom is 0.119 e. The summed E-state index contributed by atoms with van der Waals surface area (Å²) in [6, 6.07) is 3.80. The molecule has 0 amide bonds. The third-order valence-electron chi connectivity index (χ3n) is 2.59. The maximum absolute atomic E-state index is 13.6. The van der Waals surface area contributed by atoms with Gasteiger partial charge in [0.1, 0.15) is 10.8 Å². The number of pyridine rings is 1. The molecule has 1 fully saturated rings. The van der Waals surface area contributed by atoms with Crippen LogP contribution in [0.1, 0.15) is 17.9 Å². The van der Waals surface area contributed by atoms with E-state index in [0.29, 0.717) is 6.54 Å². The van der Waals surface area contributed by atoms with Crippen LogP contribution in [0.3, 0.4) is 0 Å². The molecule has 1 saturated heterocycles. The topological polar surface area (TPSA) is 24.9 Å². The van der Waals surface area contributed by atoms with Gasteiger partial charge in [-0.3, -0.25) is 0 Å². The average Bonchev–Trinajstić information content (AvgIpc) is 2.18. The number of aromatic nitrogens is 1. The van der Waals surface area contributed by atoms with E-state index in [0.717, 1.165) is 23.1 Å². The number of piperidine rings is 1. The summed E-state index contributed by atoms with van der Waals surface area (Å²) < 4.78 is 14.3. The fraction of sp³-hybridized carbons (Fsp3) is 0.500. The van der Waals surface area contributed by atoms with Gasteiger partial charge in [-0.05, 0) is 46.6 Å². The van der Waals surface area contributed by atoms with Gasteiger partial charge < -0.3 is 5.32 Å². The Morgan fingerprint density at radius 3 is 3.14 bits per heavy atom. The van der Waals surface area contributed by atoms with Crippen LogP contribution in [0, 0.1) is 0 Å². The third kappa shape index (κ3) is 2.12. The van der Waals surface area contributed by atoms with Crippen LogP contribution in [-0.4, -0.2) is 24.2 Å². The molecule has 1 N–H and O–H groups in total. The first-order valence-electron chi connectivity index (χ1n) is 4.73. The van der Waals surface area contributed by atoms with Gasteiger partial charge in [-0.1, -0.05) is 0 Å².